The normalized spacial score (nSPS) is 11.0. The van der Waals surface area contributed by atoms with Crippen molar-refractivity contribution in [2.45, 2.75) is 4.90 Å². The van der Waals surface area contributed by atoms with Crippen molar-refractivity contribution in [3.8, 4) is 0 Å². The molecule has 0 N–H and O–H groups in total. The van der Waals surface area contributed by atoms with Crippen molar-refractivity contribution in [2.75, 3.05) is 0 Å². The first-order valence-corrected chi connectivity index (χ1v) is 8.63. The van der Waals surface area contributed by atoms with Gasteiger partial charge in [-0.05, 0) is 22.9 Å². The maximum atomic E-state index is 13.0. The summed E-state index contributed by atoms with van der Waals surface area (Å²) in [4.78, 5) is 15.3. The summed E-state index contributed by atoms with van der Waals surface area (Å²) in [6.07, 6.45) is 0. The van der Waals surface area contributed by atoms with Crippen LogP contribution in [0, 0.1) is 0 Å². The van der Waals surface area contributed by atoms with Crippen LogP contribution in [-0.2, 0) is 9.84 Å². The highest BCUT2D eigenvalue weighted by Crippen LogP contribution is 2.24. The summed E-state index contributed by atoms with van der Waals surface area (Å²) in [5, 5.41) is 1.63. The first-order valence-electron chi connectivity index (χ1n) is 7.08. The van der Waals surface area contributed by atoms with Crippen molar-refractivity contribution in [2.24, 2.45) is 0 Å². The molecule has 6 heteroatoms. The van der Waals surface area contributed by atoms with Gasteiger partial charge in [-0.2, -0.15) is 4.79 Å². The summed E-state index contributed by atoms with van der Waals surface area (Å²) in [5.41, 5.74) is 9.42. The molecule has 0 heterocycles. The Morgan fingerprint density at radius 3 is 2.29 bits per heavy atom. The molecule has 24 heavy (non-hydrogen) atoms. The monoisotopic (exact) mass is 336 g/mol. The molecule has 0 aliphatic heterocycles. The van der Waals surface area contributed by atoms with E-state index in [9.17, 15) is 13.2 Å². The minimum atomic E-state index is -4.01. The van der Waals surface area contributed by atoms with Crippen molar-refractivity contribution in [1.82, 2.24) is 0 Å². The Morgan fingerprint density at radius 1 is 0.875 bits per heavy atom. The Labute approximate surface area is 138 Å². The third-order valence-electron chi connectivity index (χ3n) is 3.66. The summed E-state index contributed by atoms with van der Waals surface area (Å²) in [5.74, 6) is -0.405. The van der Waals surface area contributed by atoms with Crippen LogP contribution in [0.15, 0.2) is 71.6 Å². The van der Waals surface area contributed by atoms with E-state index in [0.717, 1.165) is 10.8 Å². The molecule has 0 saturated heterocycles. The van der Waals surface area contributed by atoms with Crippen LogP contribution in [-0.4, -0.2) is 24.5 Å². The molecule has 0 aliphatic rings. The van der Waals surface area contributed by atoms with E-state index in [2.05, 4.69) is 4.79 Å². The number of sulfone groups is 1. The summed E-state index contributed by atoms with van der Waals surface area (Å²) in [7, 11) is -4.01. The second kappa shape index (κ2) is 6.20. The van der Waals surface area contributed by atoms with E-state index in [1.807, 2.05) is 30.3 Å². The Balaban J connectivity index is 2.24. The fourth-order valence-electron chi connectivity index (χ4n) is 2.59. The van der Waals surface area contributed by atoms with Crippen molar-refractivity contribution in [3.05, 3.63) is 83.4 Å². The van der Waals surface area contributed by atoms with Crippen LogP contribution in [0.2, 0.25) is 0 Å². The summed E-state index contributed by atoms with van der Waals surface area (Å²) in [6, 6.07) is 18.5. The van der Waals surface area contributed by atoms with Crippen LogP contribution in [0.25, 0.3) is 16.3 Å². The van der Waals surface area contributed by atoms with E-state index in [4.69, 9.17) is 5.53 Å². The molecular weight excluding hydrogens is 324 g/mol. The summed E-state index contributed by atoms with van der Waals surface area (Å²) in [6.45, 7) is 0. The van der Waals surface area contributed by atoms with E-state index in [1.54, 1.807) is 18.2 Å². The predicted octanol–water partition coefficient (Wildman–Crippen LogP) is 3.10. The third kappa shape index (κ3) is 2.76. The Kier molecular flexibility index (Phi) is 4.08. The largest absolute Gasteiger partial charge is 0.374 e. The highest BCUT2D eigenvalue weighted by atomic mass is 32.2. The molecule has 5 nitrogen and oxygen atoms in total. The fourth-order valence-corrected chi connectivity index (χ4v) is 3.56. The number of carbonyl (C=O) groups is 1. The first-order chi connectivity index (χ1) is 11.5. The number of hydrogen-bond acceptors (Lipinski definition) is 3. The minimum Gasteiger partial charge on any atom is -0.361 e. The van der Waals surface area contributed by atoms with Gasteiger partial charge in [0.25, 0.3) is 9.84 Å². The smallest absolute Gasteiger partial charge is 0.361 e. The fraction of sp³-hybridized carbons (Fsp3) is 0. The van der Waals surface area contributed by atoms with Gasteiger partial charge in [0.05, 0.1) is 4.90 Å². The van der Waals surface area contributed by atoms with Crippen LogP contribution in [0.5, 0.6) is 0 Å². The van der Waals surface area contributed by atoms with Gasteiger partial charge >= 0.3 is 5.55 Å². The molecule has 0 radical (unpaired) electrons. The van der Waals surface area contributed by atoms with Gasteiger partial charge in [0, 0.05) is 11.1 Å². The lowest BCUT2D eigenvalue weighted by Gasteiger charge is -2.08. The van der Waals surface area contributed by atoms with Gasteiger partial charge in [-0.15, -0.1) is 0 Å². The topological polar surface area (TPSA) is 87.6 Å². The third-order valence-corrected chi connectivity index (χ3v) is 5.00. The lowest BCUT2D eigenvalue weighted by atomic mass is 9.97. The Morgan fingerprint density at radius 2 is 1.50 bits per heavy atom. The average Bonchev–Trinajstić information content (AvgIpc) is 2.60. The number of ketones is 1. The van der Waals surface area contributed by atoms with E-state index >= 15 is 0 Å². The number of nitrogens with zero attached hydrogens (tertiary/aromatic N) is 2. The van der Waals surface area contributed by atoms with Gasteiger partial charge < -0.3 is 5.53 Å². The van der Waals surface area contributed by atoms with Gasteiger partial charge in [-0.1, -0.05) is 54.6 Å². The maximum absolute atomic E-state index is 13.0. The Bertz CT molecular complexity index is 1090. The standard InChI is InChI=1S/C18H12N2O3S/c19-20-12-24(22,23)17-11-4-3-9-16(17)18(21)15-10-5-7-13-6-1-2-8-14(13)15/h1-12H. The Hall–Kier alpha value is -3.08. The summed E-state index contributed by atoms with van der Waals surface area (Å²) < 4.78 is 24.4. The molecule has 0 unspecified atom stereocenters. The molecule has 0 atom stereocenters. The zero-order chi connectivity index (χ0) is 17.2. The highest BCUT2D eigenvalue weighted by Gasteiger charge is 2.25. The van der Waals surface area contributed by atoms with E-state index in [1.165, 1.54) is 18.2 Å². The van der Waals surface area contributed by atoms with Gasteiger partial charge in [0.2, 0.25) is 0 Å². The maximum Gasteiger partial charge on any atom is 0.374 e. The number of hydrogen-bond donors (Lipinski definition) is 0. The molecule has 3 rings (SSSR count). The molecule has 0 spiro atoms. The zero-order valence-electron chi connectivity index (χ0n) is 12.5. The second-order valence-corrected chi connectivity index (χ2v) is 6.86. The molecule has 0 fully saturated rings. The number of benzene rings is 3. The molecule has 3 aromatic carbocycles. The van der Waals surface area contributed by atoms with Gasteiger partial charge in [0.1, 0.15) is 0 Å². The number of rotatable bonds is 4. The SMILES string of the molecule is [N-]=[N+]=CS(=O)(=O)c1ccccc1C(=O)c1cccc2ccccc12. The van der Waals surface area contributed by atoms with Crippen LogP contribution in [0.1, 0.15) is 15.9 Å². The molecule has 0 aliphatic carbocycles. The lowest BCUT2D eigenvalue weighted by Crippen LogP contribution is -2.11. The van der Waals surface area contributed by atoms with Crippen LogP contribution >= 0.6 is 0 Å². The number of fused-ring (bicyclic) bond motifs is 1. The van der Waals surface area contributed by atoms with E-state index in [-0.39, 0.29) is 10.5 Å². The van der Waals surface area contributed by atoms with Crippen LogP contribution in [0.3, 0.4) is 0 Å². The van der Waals surface area contributed by atoms with Crippen LogP contribution < -0.4 is 0 Å². The minimum absolute atomic E-state index is 0.0359. The van der Waals surface area contributed by atoms with E-state index in [0.29, 0.717) is 11.1 Å². The molecular formula is C18H12N2O3S. The highest BCUT2D eigenvalue weighted by molar-refractivity contribution is 8.04. The predicted molar refractivity (Wildman–Crippen MR) is 90.7 cm³/mol. The molecule has 0 saturated carbocycles. The quantitative estimate of drug-likeness (QED) is 0.241. The van der Waals surface area contributed by atoms with Crippen molar-refractivity contribution in [3.63, 3.8) is 0 Å². The van der Waals surface area contributed by atoms with Crippen molar-refractivity contribution >= 4 is 31.9 Å². The summed E-state index contributed by atoms with van der Waals surface area (Å²) >= 11 is 0. The molecule has 118 valence electrons. The molecule has 0 bridgehead atoms. The molecule has 3 aromatic rings. The van der Waals surface area contributed by atoms with Crippen molar-refractivity contribution in [1.29, 1.82) is 0 Å². The number of carbonyl (C=O) groups excluding carboxylic acids is 1. The first kappa shape index (κ1) is 15.8. The van der Waals surface area contributed by atoms with Crippen LogP contribution in [0.4, 0.5) is 0 Å². The molecule has 0 amide bonds. The van der Waals surface area contributed by atoms with Gasteiger partial charge in [0.15, 0.2) is 5.78 Å². The van der Waals surface area contributed by atoms with E-state index < -0.39 is 15.6 Å². The lowest BCUT2D eigenvalue weighted by molar-refractivity contribution is 0.00754. The van der Waals surface area contributed by atoms with Crippen molar-refractivity contribution < 1.29 is 18.0 Å². The van der Waals surface area contributed by atoms with Gasteiger partial charge in [-0.25, -0.2) is 8.42 Å². The zero-order valence-corrected chi connectivity index (χ0v) is 13.3. The molecule has 0 aromatic heterocycles. The van der Waals surface area contributed by atoms with Gasteiger partial charge in [-0.3, -0.25) is 4.79 Å². The average molecular weight is 336 g/mol. The second-order valence-electron chi connectivity index (χ2n) is 5.12.